The van der Waals surface area contributed by atoms with Crippen LogP contribution in [0.3, 0.4) is 0 Å². The fraction of sp³-hybridized carbons (Fsp3) is 0.211. The van der Waals surface area contributed by atoms with Crippen LogP contribution in [0.4, 0.5) is 10.1 Å². The predicted octanol–water partition coefficient (Wildman–Crippen LogP) is 4.01. The molecule has 26 heavy (non-hydrogen) atoms. The summed E-state index contributed by atoms with van der Waals surface area (Å²) in [6.07, 6.45) is -1.29. The molecule has 0 aliphatic heterocycles. The van der Waals surface area contributed by atoms with Gasteiger partial charge in [0.1, 0.15) is 5.82 Å². The summed E-state index contributed by atoms with van der Waals surface area (Å²) in [5, 5.41) is 3.05. The van der Waals surface area contributed by atoms with Crippen LogP contribution in [0.25, 0.3) is 0 Å². The Labute approximate surface area is 155 Å². The fourth-order valence-electron chi connectivity index (χ4n) is 2.12. The van der Waals surface area contributed by atoms with Crippen LogP contribution in [0.1, 0.15) is 30.1 Å². The third kappa shape index (κ3) is 5.97. The molecule has 1 unspecified atom stereocenters. The van der Waals surface area contributed by atoms with Gasteiger partial charge in [-0.2, -0.15) is 0 Å². The van der Waals surface area contributed by atoms with Crippen molar-refractivity contribution in [3.05, 3.63) is 64.9 Å². The molecule has 0 saturated heterocycles. The van der Waals surface area contributed by atoms with Gasteiger partial charge in [0.05, 0.1) is 6.42 Å². The topological polar surface area (TPSA) is 72.5 Å². The Kier molecular flexibility index (Phi) is 6.86. The monoisotopic (exact) mass is 377 g/mol. The van der Waals surface area contributed by atoms with E-state index in [0.29, 0.717) is 16.3 Å². The van der Waals surface area contributed by atoms with Crippen molar-refractivity contribution in [3.8, 4) is 0 Å². The first-order valence-electron chi connectivity index (χ1n) is 7.90. The smallest absolute Gasteiger partial charge is 0.307 e. The summed E-state index contributed by atoms with van der Waals surface area (Å²) in [6, 6.07) is 11.6. The number of halogens is 2. The fourth-order valence-corrected chi connectivity index (χ4v) is 2.31. The average Bonchev–Trinajstić information content (AvgIpc) is 2.60. The molecule has 5 nitrogen and oxygen atoms in total. The van der Waals surface area contributed by atoms with Gasteiger partial charge in [-0.1, -0.05) is 17.7 Å². The molecule has 0 aromatic heterocycles. The number of benzene rings is 2. The van der Waals surface area contributed by atoms with E-state index in [9.17, 15) is 18.8 Å². The molecule has 0 aliphatic rings. The number of hydrogen-bond donors (Lipinski definition) is 1. The molecule has 2 rings (SSSR count). The van der Waals surface area contributed by atoms with Crippen molar-refractivity contribution in [1.29, 1.82) is 0 Å². The third-order valence-electron chi connectivity index (χ3n) is 3.49. The van der Waals surface area contributed by atoms with Gasteiger partial charge < -0.3 is 10.1 Å². The van der Waals surface area contributed by atoms with E-state index in [1.165, 1.54) is 31.2 Å². The highest BCUT2D eigenvalue weighted by molar-refractivity contribution is 6.30. The minimum atomic E-state index is -1.03. The summed E-state index contributed by atoms with van der Waals surface area (Å²) in [4.78, 5) is 35.8. The Balaban J connectivity index is 1.80. The van der Waals surface area contributed by atoms with E-state index in [0.717, 1.165) is 0 Å². The Hall–Kier alpha value is -2.73. The van der Waals surface area contributed by atoms with Crippen molar-refractivity contribution in [3.63, 3.8) is 0 Å². The third-order valence-corrected chi connectivity index (χ3v) is 3.73. The van der Waals surface area contributed by atoms with E-state index in [2.05, 4.69) is 5.32 Å². The summed E-state index contributed by atoms with van der Waals surface area (Å²) in [5.74, 6) is -1.93. The predicted molar refractivity (Wildman–Crippen MR) is 95.6 cm³/mol. The van der Waals surface area contributed by atoms with Crippen molar-refractivity contribution < 1.29 is 23.5 Å². The molecule has 1 atom stereocenters. The first-order chi connectivity index (χ1) is 12.3. The molecule has 0 aliphatic carbocycles. The van der Waals surface area contributed by atoms with E-state index >= 15 is 0 Å². The Morgan fingerprint density at radius 2 is 1.81 bits per heavy atom. The van der Waals surface area contributed by atoms with E-state index in [1.54, 1.807) is 24.3 Å². The highest BCUT2D eigenvalue weighted by Crippen LogP contribution is 2.15. The number of rotatable bonds is 7. The van der Waals surface area contributed by atoms with E-state index in [1.807, 2.05) is 0 Å². The van der Waals surface area contributed by atoms with Crippen LogP contribution in [-0.2, 0) is 14.3 Å². The number of ether oxygens (including phenoxy) is 1. The van der Waals surface area contributed by atoms with Gasteiger partial charge in [-0.05, 0) is 49.4 Å². The highest BCUT2D eigenvalue weighted by atomic mass is 35.5. The van der Waals surface area contributed by atoms with Crippen molar-refractivity contribution in [1.82, 2.24) is 0 Å². The Morgan fingerprint density at radius 3 is 2.46 bits per heavy atom. The highest BCUT2D eigenvalue weighted by Gasteiger charge is 2.19. The van der Waals surface area contributed by atoms with E-state index in [-0.39, 0.29) is 18.6 Å². The van der Waals surface area contributed by atoms with Crippen molar-refractivity contribution in [2.24, 2.45) is 0 Å². The number of carbonyl (C=O) groups is 3. The number of Topliss-reactive ketones (excluding diaryl/α,β-unsaturated/α-hetero) is 1. The van der Waals surface area contributed by atoms with Gasteiger partial charge in [-0.3, -0.25) is 14.4 Å². The van der Waals surface area contributed by atoms with Gasteiger partial charge in [0.25, 0.3) is 5.91 Å². The molecule has 0 saturated carbocycles. The summed E-state index contributed by atoms with van der Waals surface area (Å²) in [7, 11) is 0. The van der Waals surface area contributed by atoms with Crippen LogP contribution < -0.4 is 5.32 Å². The van der Waals surface area contributed by atoms with Crippen LogP contribution in [0.15, 0.2) is 48.5 Å². The molecule has 0 heterocycles. The molecule has 0 spiro atoms. The molecule has 7 heteroatoms. The van der Waals surface area contributed by atoms with Crippen LogP contribution in [-0.4, -0.2) is 23.8 Å². The lowest BCUT2D eigenvalue weighted by Gasteiger charge is -2.13. The molecule has 0 bridgehead atoms. The van der Waals surface area contributed by atoms with Crippen molar-refractivity contribution in [2.45, 2.75) is 25.9 Å². The van der Waals surface area contributed by atoms with E-state index in [4.69, 9.17) is 16.3 Å². The number of anilines is 1. The average molecular weight is 378 g/mol. The quantitative estimate of drug-likeness (QED) is 0.584. The number of ketones is 1. The standard InChI is InChI=1S/C19H17ClFNO4/c1-12(19(25)22-16-4-2-3-14(20)11-16)26-18(24)10-9-17(23)13-5-7-15(21)8-6-13/h2-8,11-12H,9-10H2,1H3,(H,22,25). The minimum absolute atomic E-state index is 0.0902. The molecular weight excluding hydrogens is 361 g/mol. The summed E-state index contributed by atoms with van der Waals surface area (Å²) < 4.78 is 17.9. The van der Waals surface area contributed by atoms with Gasteiger partial charge in [-0.25, -0.2) is 4.39 Å². The second-order valence-electron chi connectivity index (χ2n) is 5.56. The molecule has 1 amide bonds. The van der Waals surface area contributed by atoms with Gasteiger partial charge in [0.15, 0.2) is 11.9 Å². The summed E-state index contributed by atoms with van der Waals surface area (Å²) >= 11 is 5.83. The zero-order chi connectivity index (χ0) is 19.1. The van der Waals surface area contributed by atoms with Gasteiger partial charge in [0.2, 0.25) is 0 Å². The number of esters is 1. The van der Waals surface area contributed by atoms with Gasteiger partial charge >= 0.3 is 5.97 Å². The molecule has 2 aromatic carbocycles. The van der Waals surface area contributed by atoms with Gasteiger partial charge in [-0.15, -0.1) is 0 Å². The number of amides is 1. The number of hydrogen-bond acceptors (Lipinski definition) is 4. The molecule has 136 valence electrons. The van der Waals surface area contributed by atoms with Crippen LogP contribution in [0.5, 0.6) is 0 Å². The van der Waals surface area contributed by atoms with Crippen LogP contribution in [0.2, 0.25) is 5.02 Å². The molecule has 2 aromatic rings. The first-order valence-corrected chi connectivity index (χ1v) is 8.27. The summed E-state index contributed by atoms with van der Waals surface area (Å²) in [5.41, 5.74) is 0.794. The normalized spacial score (nSPS) is 11.5. The first kappa shape index (κ1) is 19.6. The Bertz CT molecular complexity index is 807. The second kappa shape index (κ2) is 9.10. The minimum Gasteiger partial charge on any atom is -0.453 e. The zero-order valence-electron chi connectivity index (χ0n) is 14.0. The molecule has 0 radical (unpaired) electrons. The largest absolute Gasteiger partial charge is 0.453 e. The Morgan fingerprint density at radius 1 is 1.12 bits per heavy atom. The summed E-state index contributed by atoms with van der Waals surface area (Å²) in [6.45, 7) is 1.43. The lowest BCUT2D eigenvalue weighted by Crippen LogP contribution is -2.30. The number of carbonyl (C=O) groups excluding carboxylic acids is 3. The van der Waals surface area contributed by atoms with E-state index < -0.39 is 23.8 Å². The van der Waals surface area contributed by atoms with Gasteiger partial charge in [0, 0.05) is 22.7 Å². The maximum absolute atomic E-state index is 12.8. The lowest BCUT2D eigenvalue weighted by atomic mass is 10.1. The van der Waals surface area contributed by atoms with Crippen LogP contribution >= 0.6 is 11.6 Å². The molecular formula is C19H17ClFNO4. The maximum Gasteiger partial charge on any atom is 0.307 e. The maximum atomic E-state index is 12.8. The zero-order valence-corrected chi connectivity index (χ0v) is 14.8. The SMILES string of the molecule is CC(OC(=O)CCC(=O)c1ccc(F)cc1)C(=O)Nc1cccc(Cl)c1. The molecule has 1 N–H and O–H groups in total. The van der Waals surface area contributed by atoms with Crippen molar-refractivity contribution in [2.75, 3.05) is 5.32 Å². The second-order valence-corrected chi connectivity index (χ2v) is 6.00. The van der Waals surface area contributed by atoms with Crippen LogP contribution in [0, 0.1) is 5.82 Å². The number of nitrogens with one attached hydrogen (secondary N) is 1. The lowest BCUT2D eigenvalue weighted by molar-refractivity contribution is -0.153. The molecule has 0 fully saturated rings. The van der Waals surface area contributed by atoms with Crippen molar-refractivity contribution >= 4 is 34.9 Å².